The zero-order chi connectivity index (χ0) is 17.5. The SMILES string of the molecule is C/C=C1/c2cc3ccccc3cc2NCc2ccn(-c3ccccc3)c21. The Balaban J connectivity index is 1.77. The van der Waals surface area contributed by atoms with Crippen LogP contribution in [-0.2, 0) is 6.54 Å². The number of rotatable bonds is 1. The molecule has 0 atom stereocenters. The minimum atomic E-state index is 0.831. The summed E-state index contributed by atoms with van der Waals surface area (Å²) in [6.07, 6.45) is 4.41. The molecule has 1 aliphatic heterocycles. The molecular formula is C24H20N2. The predicted molar refractivity (Wildman–Crippen MR) is 110 cm³/mol. The fourth-order valence-corrected chi connectivity index (χ4v) is 3.94. The van der Waals surface area contributed by atoms with E-state index in [0.29, 0.717) is 0 Å². The Morgan fingerprint density at radius 1 is 0.885 bits per heavy atom. The van der Waals surface area contributed by atoms with Crippen molar-refractivity contribution in [1.82, 2.24) is 4.57 Å². The molecule has 5 rings (SSSR count). The molecule has 0 saturated heterocycles. The topological polar surface area (TPSA) is 17.0 Å². The van der Waals surface area contributed by atoms with Gasteiger partial charge in [-0.25, -0.2) is 0 Å². The smallest absolute Gasteiger partial charge is 0.0581 e. The summed E-state index contributed by atoms with van der Waals surface area (Å²) < 4.78 is 2.30. The Labute approximate surface area is 153 Å². The molecule has 1 aliphatic rings. The normalized spacial score (nSPS) is 14.6. The van der Waals surface area contributed by atoms with Crippen molar-refractivity contribution in [2.45, 2.75) is 13.5 Å². The second-order valence-corrected chi connectivity index (χ2v) is 6.70. The average Bonchev–Trinajstić information content (AvgIpc) is 3.05. The monoisotopic (exact) mass is 336 g/mol. The van der Waals surface area contributed by atoms with Gasteiger partial charge in [0.2, 0.25) is 0 Å². The van der Waals surface area contributed by atoms with Crippen LogP contribution in [0.5, 0.6) is 0 Å². The van der Waals surface area contributed by atoms with Crippen molar-refractivity contribution in [3.05, 3.63) is 102 Å². The molecule has 3 aromatic carbocycles. The van der Waals surface area contributed by atoms with Gasteiger partial charge in [-0.05, 0) is 53.6 Å². The fraction of sp³-hybridized carbons (Fsp3) is 0.0833. The fourth-order valence-electron chi connectivity index (χ4n) is 3.94. The van der Waals surface area contributed by atoms with Crippen LogP contribution in [-0.4, -0.2) is 4.57 Å². The first kappa shape index (κ1) is 15.0. The van der Waals surface area contributed by atoms with E-state index in [9.17, 15) is 0 Å². The summed E-state index contributed by atoms with van der Waals surface area (Å²) in [7, 11) is 0. The summed E-state index contributed by atoms with van der Waals surface area (Å²) in [5, 5.41) is 6.19. The molecular weight excluding hydrogens is 316 g/mol. The maximum Gasteiger partial charge on any atom is 0.0581 e. The lowest BCUT2D eigenvalue weighted by molar-refractivity contribution is 1.04. The first-order chi connectivity index (χ1) is 12.8. The van der Waals surface area contributed by atoms with Crippen molar-refractivity contribution < 1.29 is 0 Å². The van der Waals surface area contributed by atoms with Gasteiger partial charge < -0.3 is 9.88 Å². The Kier molecular flexibility index (Phi) is 3.42. The highest BCUT2D eigenvalue weighted by Crippen LogP contribution is 2.38. The van der Waals surface area contributed by atoms with Gasteiger partial charge in [-0.1, -0.05) is 48.5 Å². The van der Waals surface area contributed by atoms with Crippen molar-refractivity contribution in [3.8, 4) is 5.69 Å². The number of aromatic nitrogens is 1. The van der Waals surface area contributed by atoms with Gasteiger partial charge in [-0.3, -0.25) is 0 Å². The summed E-state index contributed by atoms with van der Waals surface area (Å²) in [5.74, 6) is 0. The molecule has 0 bridgehead atoms. The molecule has 0 radical (unpaired) electrons. The first-order valence-corrected chi connectivity index (χ1v) is 9.04. The van der Waals surface area contributed by atoms with Gasteiger partial charge in [0.05, 0.1) is 5.69 Å². The third-order valence-corrected chi connectivity index (χ3v) is 5.19. The molecule has 2 heterocycles. The summed E-state index contributed by atoms with van der Waals surface area (Å²) in [6.45, 7) is 2.96. The quantitative estimate of drug-likeness (QED) is 0.450. The van der Waals surface area contributed by atoms with E-state index < -0.39 is 0 Å². The van der Waals surface area contributed by atoms with Crippen LogP contribution in [0.1, 0.15) is 23.7 Å². The number of hydrogen-bond donors (Lipinski definition) is 1. The molecule has 26 heavy (non-hydrogen) atoms. The van der Waals surface area contributed by atoms with Crippen LogP contribution >= 0.6 is 0 Å². The molecule has 0 unspecified atom stereocenters. The minimum Gasteiger partial charge on any atom is -0.380 e. The second kappa shape index (κ2) is 5.92. The number of benzene rings is 3. The van der Waals surface area contributed by atoms with E-state index in [1.807, 2.05) is 0 Å². The maximum atomic E-state index is 3.65. The molecule has 0 spiro atoms. The molecule has 0 aliphatic carbocycles. The molecule has 2 heteroatoms. The van der Waals surface area contributed by atoms with Gasteiger partial charge in [0, 0.05) is 35.3 Å². The van der Waals surface area contributed by atoms with Crippen molar-refractivity contribution in [1.29, 1.82) is 0 Å². The Morgan fingerprint density at radius 3 is 2.38 bits per heavy atom. The maximum absolute atomic E-state index is 3.65. The van der Waals surface area contributed by atoms with Gasteiger partial charge in [-0.2, -0.15) is 0 Å². The van der Waals surface area contributed by atoms with Crippen LogP contribution < -0.4 is 5.32 Å². The molecule has 126 valence electrons. The molecule has 2 nitrogen and oxygen atoms in total. The molecule has 1 N–H and O–H groups in total. The first-order valence-electron chi connectivity index (χ1n) is 9.04. The van der Waals surface area contributed by atoms with Crippen molar-refractivity contribution in [2.75, 3.05) is 5.32 Å². The summed E-state index contributed by atoms with van der Waals surface area (Å²) in [5.41, 5.74) is 7.54. The largest absolute Gasteiger partial charge is 0.380 e. The summed E-state index contributed by atoms with van der Waals surface area (Å²) in [4.78, 5) is 0. The van der Waals surface area contributed by atoms with Crippen molar-refractivity contribution in [3.63, 3.8) is 0 Å². The number of nitrogens with zero attached hydrogens (tertiary/aromatic N) is 1. The van der Waals surface area contributed by atoms with Gasteiger partial charge in [0.1, 0.15) is 0 Å². The van der Waals surface area contributed by atoms with Gasteiger partial charge in [-0.15, -0.1) is 0 Å². The number of fused-ring (bicyclic) bond motifs is 3. The number of para-hydroxylation sites is 1. The van der Waals surface area contributed by atoms with E-state index in [1.165, 1.54) is 44.5 Å². The van der Waals surface area contributed by atoms with Gasteiger partial charge in [0.15, 0.2) is 0 Å². The average molecular weight is 336 g/mol. The van der Waals surface area contributed by atoms with E-state index in [0.717, 1.165) is 6.54 Å². The molecule has 0 amide bonds. The number of nitrogens with one attached hydrogen (secondary N) is 1. The van der Waals surface area contributed by atoms with E-state index >= 15 is 0 Å². The zero-order valence-electron chi connectivity index (χ0n) is 14.7. The summed E-state index contributed by atoms with van der Waals surface area (Å²) >= 11 is 0. The van der Waals surface area contributed by atoms with E-state index in [4.69, 9.17) is 0 Å². The molecule has 0 fully saturated rings. The van der Waals surface area contributed by atoms with Crippen LogP contribution in [0.3, 0.4) is 0 Å². The highest BCUT2D eigenvalue weighted by Gasteiger charge is 2.22. The standard InChI is InChI=1S/C24H20N2/c1-2-21-22-14-17-8-6-7-9-18(17)15-23(22)25-16-19-12-13-26(24(19)21)20-10-4-3-5-11-20/h2-15,25H,16H2,1H3/b21-2-. The van der Waals surface area contributed by atoms with E-state index in [1.54, 1.807) is 0 Å². The number of anilines is 1. The molecule has 4 aromatic rings. The zero-order valence-corrected chi connectivity index (χ0v) is 14.7. The Morgan fingerprint density at radius 2 is 1.62 bits per heavy atom. The van der Waals surface area contributed by atoms with E-state index in [2.05, 4.69) is 102 Å². The second-order valence-electron chi connectivity index (χ2n) is 6.70. The van der Waals surface area contributed by atoms with Crippen LogP contribution in [0.15, 0.2) is 85.1 Å². The third-order valence-electron chi connectivity index (χ3n) is 5.19. The lowest BCUT2D eigenvalue weighted by Gasteiger charge is -2.15. The summed E-state index contributed by atoms with van der Waals surface area (Å²) in [6, 6.07) is 25.9. The van der Waals surface area contributed by atoms with Crippen LogP contribution in [0.4, 0.5) is 5.69 Å². The van der Waals surface area contributed by atoms with Crippen LogP contribution in [0, 0.1) is 0 Å². The molecule has 1 aromatic heterocycles. The number of allylic oxidation sites excluding steroid dienone is 1. The molecule has 0 saturated carbocycles. The van der Waals surface area contributed by atoms with Gasteiger partial charge >= 0.3 is 0 Å². The van der Waals surface area contributed by atoms with Crippen LogP contribution in [0.2, 0.25) is 0 Å². The van der Waals surface area contributed by atoms with Gasteiger partial charge in [0.25, 0.3) is 0 Å². The van der Waals surface area contributed by atoms with Crippen molar-refractivity contribution >= 4 is 22.0 Å². The van der Waals surface area contributed by atoms with E-state index in [-0.39, 0.29) is 0 Å². The highest BCUT2D eigenvalue weighted by molar-refractivity contribution is 5.96. The Bertz CT molecular complexity index is 1130. The number of hydrogen-bond acceptors (Lipinski definition) is 1. The van der Waals surface area contributed by atoms with Crippen molar-refractivity contribution in [2.24, 2.45) is 0 Å². The lowest BCUT2D eigenvalue weighted by atomic mass is 9.96. The Hall–Kier alpha value is -3.26. The van der Waals surface area contributed by atoms with Crippen LogP contribution in [0.25, 0.3) is 22.0 Å². The lowest BCUT2D eigenvalue weighted by Crippen LogP contribution is -2.01. The highest BCUT2D eigenvalue weighted by atomic mass is 15.0. The minimum absolute atomic E-state index is 0.831. The third kappa shape index (κ3) is 2.26. The predicted octanol–water partition coefficient (Wildman–Crippen LogP) is 6.01.